The first kappa shape index (κ1) is 13.6. The predicted octanol–water partition coefficient (Wildman–Crippen LogP) is -0.917. The maximum Gasteiger partial charge on any atom is 0.312 e. The van der Waals surface area contributed by atoms with Gasteiger partial charge in [-0.25, -0.2) is 4.79 Å². The van der Waals surface area contributed by atoms with E-state index in [0.29, 0.717) is 0 Å². The molecule has 0 saturated carbocycles. The number of carbonyl (C=O) groups excluding carboxylic acids is 2. The molecule has 15 heavy (non-hydrogen) atoms. The zero-order valence-corrected chi connectivity index (χ0v) is 9.61. The number of urea groups is 1. The van der Waals surface area contributed by atoms with Crippen LogP contribution in [0.4, 0.5) is 4.79 Å². The molecular weight excluding hydrogens is 216 g/mol. The second-order valence-electron chi connectivity index (χ2n) is 3.54. The van der Waals surface area contributed by atoms with Crippen LogP contribution in [0, 0.1) is 5.41 Å². The summed E-state index contributed by atoms with van der Waals surface area (Å²) in [4.78, 5) is 22.0. The summed E-state index contributed by atoms with van der Waals surface area (Å²) in [6.45, 7) is 3.82. The Morgan fingerprint density at radius 2 is 1.67 bits per heavy atom. The molecule has 0 aromatic rings. The van der Waals surface area contributed by atoms with E-state index in [2.05, 4.69) is 10.6 Å². The molecule has 0 aliphatic heterocycles. The van der Waals surface area contributed by atoms with Crippen LogP contribution in [-0.2, 0) is 4.79 Å². The predicted molar refractivity (Wildman–Crippen MR) is 61.2 cm³/mol. The van der Waals surface area contributed by atoms with Gasteiger partial charge in [0.2, 0.25) is 5.91 Å². The van der Waals surface area contributed by atoms with Gasteiger partial charge in [0.1, 0.15) is 0 Å². The number of hydrogen-bond donors (Lipinski definition) is 4. The second kappa shape index (κ2) is 5.50. The van der Waals surface area contributed by atoms with E-state index in [1.54, 1.807) is 13.8 Å². The molecule has 0 atom stereocenters. The van der Waals surface area contributed by atoms with E-state index in [1.165, 1.54) is 0 Å². The maximum atomic E-state index is 11.5. The van der Waals surface area contributed by atoms with Gasteiger partial charge in [-0.05, 0) is 13.8 Å². The van der Waals surface area contributed by atoms with Crippen molar-refractivity contribution in [1.29, 1.82) is 0 Å². The standard InChI is InChI=1S/C8H16N4O2S/c1-8(2,5(9)15)6(13)11-3-4-12-7(10)14/h3-4H2,1-2H3,(H2,9,15)(H,11,13)(H3,10,12,14). The van der Waals surface area contributed by atoms with E-state index in [1.807, 2.05) is 0 Å². The first-order valence-electron chi connectivity index (χ1n) is 4.40. The smallest absolute Gasteiger partial charge is 0.312 e. The van der Waals surface area contributed by atoms with Crippen LogP contribution >= 0.6 is 12.2 Å². The van der Waals surface area contributed by atoms with Gasteiger partial charge in [0, 0.05) is 13.1 Å². The molecule has 86 valence electrons. The molecule has 0 fully saturated rings. The van der Waals surface area contributed by atoms with E-state index in [4.69, 9.17) is 23.7 Å². The van der Waals surface area contributed by atoms with Gasteiger partial charge < -0.3 is 22.1 Å². The molecule has 0 rings (SSSR count). The molecule has 6 nitrogen and oxygen atoms in total. The van der Waals surface area contributed by atoms with Gasteiger partial charge >= 0.3 is 6.03 Å². The van der Waals surface area contributed by atoms with E-state index in [-0.39, 0.29) is 24.0 Å². The minimum atomic E-state index is -0.887. The molecule has 0 saturated heterocycles. The van der Waals surface area contributed by atoms with Crippen LogP contribution in [0.2, 0.25) is 0 Å². The number of amides is 3. The van der Waals surface area contributed by atoms with Gasteiger partial charge in [-0.2, -0.15) is 0 Å². The third kappa shape index (κ3) is 4.59. The van der Waals surface area contributed by atoms with Crippen LogP contribution in [0.5, 0.6) is 0 Å². The highest BCUT2D eigenvalue weighted by Crippen LogP contribution is 2.14. The molecule has 6 N–H and O–H groups in total. The quantitative estimate of drug-likeness (QED) is 0.363. The molecule has 0 heterocycles. The lowest BCUT2D eigenvalue weighted by Crippen LogP contribution is -2.47. The molecule has 0 spiro atoms. The zero-order chi connectivity index (χ0) is 12.1. The van der Waals surface area contributed by atoms with E-state index >= 15 is 0 Å². The van der Waals surface area contributed by atoms with Crippen molar-refractivity contribution in [2.24, 2.45) is 16.9 Å². The largest absolute Gasteiger partial charge is 0.392 e. The molecule has 7 heteroatoms. The fourth-order valence-electron chi connectivity index (χ4n) is 0.695. The highest BCUT2D eigenvalue weighted by atomic mass is 32.1. The summed E-state index contributed by atoms with van der Waals surface area (Å²) >= 11 is 4.76. The Hall–Kier alpha value is -1.37. The second-order valence-corrected chi connectivity index (χ2v) is 3.98. The monoisotopic (exact) mass is 232 g/mol. The Balaban J connectivity index is 3.94. The van der Waals surface area contributed by atoms with Crippen LogP contribution in [0.15, 0.2) is 0 Å². The molecule has 0 aromatic carbocycles. The van der Waals surface area contributed by atoms with Crippen molar-refractivity contribution in [3.8, 4) is 0 Å². The Kier molecular flexibility index (Phi) is 4.99. The van der Waals surface area contributed by atoms with Crippen LogP contribution in [0.3, 0.4) is 0 Å². The topological polar surface area (TPSA) is 110 Å². The Bertz CT molecular complexity index is 278. The average molecular weight is 232 g/mol. The molecule has 0 aliphatic rings. The van der Waals surface area contributed by atoms with Crippen molar-refractivity contribution >= 4 is 29.1 Å². The van der Waals surface area contributed by atoms with E-state index < -0.39 is 11.4 Å². The van der Waals surface area contributed by atoms with Crippen LogP contribution in [0.1, 0.15) is 13.8 Å². The number of carbonyl (C=O) groups is 2. The van der Waals surface area contributed by atoms with Crippen molar-refractivity contribution < 1.29 is 9.59 Å². The van der Waals surface area contributed by atoms with Crippen molar-refractivity contribution in [2.75, 3.05) is 13.1 Å². The number of nitrogens with two attached hydrogens (primary N) is 2. The first-order valence-corrected chi connectivity index (χ1v) is 4.81. The van der Waals surface area contributed by atoms with Crippen LogP contribution in [-0.4, -0.2) is 30.0 Å². The summed E-state index contributed by atoms with van der Waals surface area (Å²) < 4.78 is 0. The Morgan fingerprint density at radius 3 is 2.07 bits per heavy atom. The first-order chi connectivity index (χ1) is 6.78. The third-order valence-electron chi connectivity index (χ3n) is 1.89. The average Bonchev–Trinajstić information content (AvgIpc) is 2.11. The van der Waals surface area contributed by atoms with Gasteiger partial charge in [0.15, 0.2) is 0 Å². The van der Waals surface area contributed by atoms with Gasteiger partial charge in [0.25, 0.3) is 0 Å². The van der Waals surface area contributed by atoms with Crippen LogP contribution in [0.25, 0.3) is 0 Å². The van der Waals surface area contributed by atoms with E-state index in [0.717, 1.165) is 0 Å². The summed E-state index contributed by atoms with van der Waals surface area (Å²) in [6, 6.07) is -0.627. The van der Waals surface area contributed by atoms with Crippen molar-refractivity contribution in [2.45, 2.75) is 13.8 Å². The minimum Gasteiger partial charge on any atom is -0.392 e. The third-order valence-corrected chi connectivity index (χ3v) is 2.40. The fraction of sp³-hybridized carbons (Fsp3) is 0.625. The number of nitrogens with one attached hydrogen (secondary N) is 2. The van der Waals surface area contributed by atoms with Crippen molar-refractivity contribution in [1.82, 2.24) is 10.6 Å². The van der Waals surface area contributed by atoms with Crippen molar-refractivity contribution in [3.63, 3.8) is 0 Å². The van der Waals surface area contributed by atoms with Gasteiger partial charge in [0.05, 0.1) is 10.4 Å². The summed E-state index contributed by atoms with van der Waals surface area (Å²) in [5.41, 5.74) is 9.36. The molecular formula is C8H16N4O2S. The molecule has 0 bridgehead atoms. The maximum absolute atomic E-state index is 11.5. The van der Waals surface area contributed by atoms with Crippen molar-refractivity contribution in [3.05, 3.63) is 0 Å². The number of thiocarbonyl (C=S) groups is 1. The summed E-state index contributed by atoms with van der Waals surface area (Å²) in [6.07, 6.45) is 0. The number of primary amides is 1. The summed E-state index contributed by atoms with van der Waals surface area (Å²) in [5.74, 6) is -0.277. The zero-order valence-electron chi connectivity index (χ0n) is 8.79. The SMILES string of the molecule is CC(C)(C(=O)NCCNC(N)=O)C(N)=S. The lowest BCUT2D eigenvalue weighted by molar-refractivity contribution is -0.126. The number of rotatable bonds is 5. The van der Waals surface area contributed by atoms with E-state index in [9.17, 15) is 9.59 Å². The van der Waals surface area contributed by atoms with Crippen LogP contribution < -0.4 is 22.1 Å². The molecule has 0 aliphatic carbocycles. The van der Waals surface area contributed by atoms with Gasteiger partial charge in [-0.15, -0.1) is 0 Å². The van der Waals surface area contributed by atoms with Gasteiger partial charge in [-0.3, -0.25) is 4.79 Å². The minimum absolute atomic E-state index is 0.128. The lowest BCUT2D eigenvalue weighted by Gasteiger charge is -2.21. The Labute approximate surface area is 93.8 Å². The molecule has 0 aromatic heterocycles. The Morgan fingerprint density at radius 1 is 1.20 bits per heavy atom. The highest BCUT2D eigenvalue weighted by Gasteiger charge is 2.30. The fourth-order valence-corrected chi connectivity index (χ4v) is 0.787. The summed E-state index contributed by atoms with van der Waals surface area (Å²) in [5, 5.41) is 4.92. The summed E-state index contributed by atoms with van der Waals surface area (Å²) in [7, 11) is 0. The normalized spacial score (nSPS) is 10.5. The molecule has 3 amide bonds. The lowest BCUT2D eigenvalue weighted by atomic mass is 9.92. The molecule has 0 radical (unpaired) electrons. The number of hydrogen-bond acceptors (Lipinski definition) is 3. The molecule has 0 unspecified atom stereocenters. The highest BCUT2D eigenvalue weighted by molar-refractivity contribution is 7.80. The van der Waals surface area contributed by atoms with Gasteiger partial charge in [-0.1, -0.05) is 12.2 Å².